The molecule has 3 aromatic carbocycles. The Morgan fingerprint density at radius 1 is 0.957 bits per heavy atom. The SMILES string of the molecule is CC(c1ccc(Cl)cc1)n1cnc(-c2ccccc2)c1-c1c(C(=O)Nc2cccnc2N2CCNC(=O)C2)[nH]c2cc(Cl)ccc12. The quantitative estimate of drug-likeness (QED) is 0.170. The molecule has 0 aliphatic carbocycles. The number of aromatic nitrogens is 4. The number of nitrogens with zero attached hydrogens (tertiary/aromatic N) is 4. The molecule has 230 valence electrons. The van der Waals surface area contributed by atoms with Gasteiger partial charge in [0, 0.05) is 51.4 Å². The molecular weight excluding hydrogens is 621 g/mol. The minimum atomic E-state index is -0.371. The van der Waals surface area contributed by atoms with Crippen molar-refractivity contribution in [3.05, 3.63) is 119 Å². The molecular formula is C35H29Cl2N7O2. The summed E-state index contributed by atoms with van der Waals surface area (Å²) in [5, 5.41) is 7.92. The predicted molar refractivity (Wildman–Crippen MR) is 183 cm³/mol. The molecule has 1 saturated heterocycles. The zero-order chi connectivity index (χ0) is 31.8. The lowest BCUT2D eigenvalue weighted by Gasteiger charge is -2.29. The summed E-state index contributed by atoms with van der Waals surface area (Å²) in [5.41, 5.74) is 5.66. The molecule has 11 heteroatoms. The summed E-state index contributed by atoms with van der Waals surface area (Å²) in [5.74, 6) is 0.0576. The molecule has 7 rings (SSSR count). The lowest BCUT2D eigenvalue weighted by molar-refractivity contribution is -0.120. The standard InChI is InChI=1S/C35H29Cl2N7O2/c1-21(22-9-11-24(36)12-10-22)44-20-40-31(23-6-3-2-4-7-23)33(44)30-26-14-13-25(37)18-28(26)41-32(30)35(46)42-27-8-5-15-39-34(27)43-17-16-38-29(45)19-43/h2-15,18,20-21,41H,16-17,19H2,1H3,(H,38,45)(H,42,46). The van der Waals surface area contributed by atoms with Gasteiger partial charge in [-0.3, -0.25) is 9.59 Å². The summed E-state index contributed by atoms with van der Waals surface area (Å²) in [6.07, 6.45) is 3.46. The Labute approximate surface area is 275 Å². The molecule has 3 aromatic heterocycles. The molecule has 46 heavy (non-hydrogen) atoms. The van der Waals surface area contributed by atoms with Crippen molar-refractivity contribution in [1.29, 1.82) is 0 Å². The highest BCUT2D eigenvalue weighted by Crippen LogP contribution is 2.41. The Morgan fingerprint density at radius 3 is 2.52 bits per heavy atom. The van der Waals surface area contributed by atoms with E-state index >= 15 is 0 Å². The van der Waals surface area contributed by atoms with Crippen molar-refractivity contribution in [2.24, 2.45) is 0 Å². The molecule has 1 atom stereocenters. The third-order valence-corrected chi connectivity index (χ3v) is 8.69. The monoisotopic (exact) mass is 649 g/mol. The first-order valence-corrected chi connectivity index (χ1v) is 15.6. The molecule has 0 spiro atoms. The molecule has 1 fully saturated rings. The number of hydrogen-bond donors (Lipinski definition) is 3. The van der Waals surface area contributed by atoms with Crippen LogP contribution in [0.4, 0.5) is 11.5 Å². The van der Waals surface area contributed by atoms with Crippen molar-refractivity contribution in [3.63, 3.8) is 0 Å². The van der Waals surface area contributed by atoms with Gasteiger partial charge in [-0.05, 0) is 48.9 Å². The molecule has 6 aromatic rings. The van der Waals surface area contributed by atoms with Crippen molar-refractivity contribution in [1.82, 2.24) is 24.8 Å². The number of halogens is 2. The molecule has 0 bridgehead atoms. The van der Waals surface area contributed by atoms with E-state index < -0.39 is 0 Å². The number of hydrogen-bond acceptors (Lipinski definition) is 5. The first kappa shape index (κ1) is 29.6. The molecule has 1 unspecified atom stereocenters. The van der Waals surface area contributed by atoms with Crippen LogP contribution in [0.1, 0.15) is 29.0 Å². The fourth-order valence-electron chi connectivity index (χ4n) is 5.95. The first-order valence-electron chi connectivity index (χ1n) is 14.8. The van der Waals surface area contributed by atoms with E-state index in [1.807, 2.05) is 84.0 Å². The normalized spacial score (nSPS) is 13.9. The van der Waals surface area contributed by atoms with Crippen LogP contribution >= 0.6 is 23.2 Å². The number of fused-ring (bicyclic) bond motifs is 1. The fraction of sp³-hybridized carbons (Fsp3) is 0.143. The van der Waals surface area contributed by atoms with Crippen LogP contribution in [0.3, 0.4) is 0 Å². The van der Waals surface area contributed by atoms with Crippen molar-refractivity contribution in [3.8, 4) is 22.5 Å². The number of benzene rings is 3. The second-order valence-corrected chi connectivity index (χ2v) is 12.0. The van der Waals surface area contributed by atoms with E-state index in [-0.39, 0.29) is 24.4 Å². The fourth-order valence-corrected chi connectivity index (χ4v) is 6.25. The van der Waals surface area contributed by atoms with E-state index in [1.54, 1.807) is 18.3 Å². The Bertz CT molecular complexity index is 2070. The van der Waals surface area contributed by atoms with Crippen LogP contribution in [0.15, 0.2) is 97.5 Å². The van der Waals surface area contributed by atoms with Crippen LogP contribution in [0.5, 0.6) is 0 Å². The Kier molecular flexibility index (Phi) is 7.94. The van der Waals surface area contributed by atoms with Gasteiger partial charge in [0.25, 0.3) is 5.91 Å². The Hall–Kier alpha value is -5.12. The van der Waals surface area contributed by atoms with Gasteiger partial charge in [0.1, 0.15) is 5.69 Å². The second-order valence-electron chi connectivity index (χ2n) is 11.1. The van der Waals surface area contributed by atoms with E-state index in [0.29, 0.717) is 51.4 Å². The lowest BCUT2D eigenvalue weighted by Crippen LogP contribution is -2.48. The van der Waals surface area contributed by atoms with Crippen LogP contribution in [0.2, 0.25) is 10.0 Å². The van der Waals surface area contributed by atoms with Crippen LogP contribution in [0, 0.1) is 0 Å². The number of imidazole rings is 1. The summed E-state index contributed by atoms with van der Waals surface area (Å²) in [6.45, 7) is 3.31. The summed E-state index contributed by atoms with van der Waals surface area (Å²) < 4.78 is 2.08. The van der Waals surface area contributed by atoms with Crippen molar-refractivity contribution < 1.29 is 9.59 Å². The largest absolute Gasteiger partial charge is 0.353 e. The molecule has 9 nitrogen and oxygen atoms in total. The Balaban J connectivity index is 1.40. The highest BCUT2D eigenvalue weighted by molar-refractivity contribution is 6.31. The van der Waals surface area contributed by atoms with Gasteiger partial charge in [0.05, 0.1) is 36.0 Å². The van der Waals surface area contributed by atoms with E-state index in [0.717, 1.165) is 27.9 Å². The minimum Gasteiger partial charge on any atom is -0.353 e. The maximum atomic E-state index is 14.4. The summed E-state index contributed by atoms with van der Waals surface area (Å²) in [6, 6.07) is 26.6. The van der Waals surface area contributed by atoms with Crippen molar-refractivity contribution in [2.45, 2.75) is 13.0 Å². The average Bonchev–Trinajstić information content (AvgIpc) is 3.67. The highest BCUT2D eigenvalue weighted by atomic mass is 35.5. The average molecular weight is 651 g/mol. The second kappa shape index (κ2) is 12.3. The van der Waals surface area contributed by atoms with Crippen LogP contribution in [-0.4, -0.2) is 51.0 Å². The predicted octanol–water partition coefficient (Wildman–Crippen LogP) is 7.20. The number of anilines is 2. The van der Waals surface area contributed by atoms with Gasteiger partial charge in [-0.25, -0.2) is 9.97 Å². The number of piperazine rings is 1. The number of aromatic amines is 1. The van der Waals surface area contributed by atoms with Crippen molar-refractivity contribution >= 4 is 57.4 Å². The minimum absolute atomic E-state index is 0.0968. The van der Waals surface area contributed by atoms with Gasteiger partial charge in [0.2, 0.25) is 5.91 Å². The van der Waals surface area contributed by atoms with E-state index in [1.165, 1.54) is 0 Å². The number of H-pyrrole nitrogens is 1. The van der Waals surface area contributed by atoms with Gasteiger partial charge in [0.15, 0.2) is 5.82 Å². The number of carbonyl (C=O) groups excluding carboxylic acids is 2. The Morgan fingerprint density at radius 2 is 1.74 bits per heavy atom. The maximum Gasteiger partial charge on any atom is 0.272 e. The molecule has 0 radical (unpaired) electrons. The van der Waals surface area contributed by atoms with Gasteiger partial charge in [-0.2, -0.15) is 0 Å². The van der Waals surface area contributed by atoms with E-state index in [9.17, 15) is 9.59 Å². The third kappa shape index (κ3) is 5.59. The van der Waals surface area contributed by atoms with Crippen LogP contribution in [0.25, 0.3) is 33.4 Å². The van der Waals surface area contributed by atoms with Crippen LogP contribution in [-0.2, 0) is 4.79 Å². The molecule has 1 aliphatic rings. The first-order chi connectivity index (χ1) is 22.4. The summed E-state index contributed by atoms with van der Waals surface area (Å²) >= 11 is 12.7. The van der Waals surface area contributed by atoms with Gasteiger partial charge >= 0.3 is 0 Å². The number of amides is 2. The van der Waals surface area contributed by atoms with Gasteiger partial charge in [-0.15, -0.1) is 0 Å². The molecule has 0 saturated carbocycles. The zero-order valence-corrected chi connectivity index (χ0v) is 26.3. The molecule has 2 amide bonds. The molecule has 4 heterocycles. The maximum absolute atomic E-state index is 14.4. The number of carbonyl (C=O) groups is 2. The zero-order valence-electron chi connectivity index (χ0n) is 24.8. The van der Waals surface area contributed by atoms with Gasteiger partial charge < -0.3 is 25.1 Å². The number of rotatable bonds is 7. The lowest BCUT2D eigenvalue weighted by atomic mass is 9.99. The number of nitrogens with one attached hydrogen (secondary N) is 3. The molecule has 1 aliphatic heterocycles. The third-order valence-electron chi connectivity index (χ3n) is 8.21. The summed E-state index contributed by atoms with van der Waals surface area (Å²) in [7, 11) is 0. The number of pyridine rings is 1. The summed E-state index contributed by atoms with van der Waals surface area (Å²) in [4.78, 5) is 41.2. The van der Waals surface area contributed by atoms with Gasteiger partial charge in [-0.1, -0.05) is 71.7 Å². The molecule has 3 N–H and O–H groups in total. The van der Waals surface area contributed by atoms with E-state index in [2.05, 4.69) is 32.1 Å². The smallest absolute Gasteiger partial charge is 0.272 e. The van der Waals surface area contributed by atoms with E-state index in [4.69, 9.17) is 28.2 Å². The van der Waals surface area contributed by atoms with Crippen LogP contribution < -0.4 is 15.5 Å². The van der Waals surface area contributed by atoms with Crippen molar-refractivity contribution in [2.75, 3.05) is 29.9 Å². The topological polar surface area (TPSA) is 108 Å². The highest BCUT2D eigenvalue weighted by Gasteiger charge is 2.29.